The molecule has 0 aromatic heterocycles. The summed E-state index contributed by atoms with van der Waals surface area (Å²) in [4.78, 5) is 35.5. The first-order valence-electron chi connectivity index (χ1n) is 9.82. The standard InChI is InChI=1S/C23H25NO5/c1-15(22(26)24-20-5-3-4-6-20)28-23(27)19-9-7-17(8-10-19)18-11-13-21(14-12-18)29-16(2)25/h7-15,20H,3-6H2,1-2H3,(H,24,26)/t15-/m1/s1. The van der Waals surface area contributed by atoms with E-state index in [2.05, 4.69) is 5.32 Å². The molecule has 0 spiro atoms. The lowest BCUT2D eigenvalue weighted by Gasteiger charge is -2.17. The molecule has 1 saturated carbocycles. The molecule has 29 heavy (non-hydrogen) atoms. The highest BCUT2D eigenvalue weighted by Crippen LogP contribution is 2.23. The average molecular weight is 395 g/mol. The van der Waals surface area contributed by atoms with Crippen molar-refractivity contribution in [3.05, 3.63) is 54.1 Å². The number of ether oxygens (including phenoxy) is 2. The summed E-state index contributed by atoms with van der Waals surface area (Å²) in [5, 5.41) is 2.93. The molecule has 0 aliphatic heterocycles. The van der Waals surface area contributed by atoms with E-state index in [4.69, 9.17) is 9.47 Å². The highest BCUT2D eigenvalue weighted by atomic mass is 16.5. The van der Waals surface area contributed by atoms with Crippen LogP contribution in [0.3, 0.4) is 0 Å². The third-order valence-corrected chi connectivity index (χ3v) is 4.92. The molecule has 1 aliphatic carbocycles. The van der Waals surface area contributed by atoms with Crippen LogP contribution in [-0.4, -0.2) is 30.0 Å². The normalized spacial score (nSPS) is 14.8. The summed E-state index contributed by atoms with van der Waals surface area (Å²) in [6.45, 7) is 2.94. The molecule has 3 rings (SSSR count). The molecular weight excluding hydrogens is 370 g/mol. The van der Waals surface area contributed by atoms with E-state index in [0.29, 0.717) is 11.3 Å². The molecule has 1 amide bonds. The maximum absolute atomic E-state index is 12.3. The van der Waals surface area contributed by atoms with Gasteiger partial charge in [0, 0.05) is 13.0 Å². The Hall–Kier alpha value is -3.15. The Bertz CT molecular complexity index is 867. The van der Waals surface area contributed by atoms with Gasteiger partial charge in [-0.3, -0.25) is 9.59 Å². The van der Waals surface area contributed by atoms with Crippen LogP contribution in [0, 0.1) is 0 Å². The number of nitrogens with one attached hydrogen (secondary N) is 1. The van der Waals surface area contributed by atoms with Crippen molar-refractivity contribution in [2.45, 2.75) is 51.7 Å². The van der Waals surface area contributed by atoms with E-state index in [0.717, 1.165) is 36.8 Å². The minimum Gasteiger partial charge on any atom is -0.449 e. The maximum atomic E-state index is 12.3. The molecule has 1 atom stereocenters. The zero-order chi connectivity index (χ0) is 20.8. The summed E-state index contributed by atoms with van der Waals surface area (Å²) >= 11 is 0. The van der Waals surface area contributed by atoms with E-state index in [-0.39, 0.29) is 17.9 Å². The van der Waals surface area contributed by atoms with Crippen LogP contribution < -0.4 is 10.1 Å². The second-order valence-corrected chi connectivity index (χ2v) is 7.23. The molecule has 0 radical (unpaired) electrons. The van der Waals surface area contributed by atoms with Crippen LogP contribution in [0.5, 0.6) is 5.75 Å². The minimum absolute atomic E-state index is 0.190. The van der Waals surface area contributed by atoms with E-state index in [1.54, 1.807) is 43.3 Å². The van der Waals surface area contributed by atoms with Crippen molar-refractivity contribution in [2.24, 2.45) is 0 Å². The lowest BCUT2D eigenvalue weighted by Crippen LogP contribution is -2.40. The average Bonchev–Trinajstić information content (AvgIpc) is 3.21. The molecule has 1 fully saturated rings. The topological polar surface area (TPSA) is 81.7 Å². The molecule has 0 unspecified atom stereocenters. The van der Waals surface area contributed by atoms with Gasteiger partial charge in [0.15, 0.2) is 6.10 Å². The molecule has 0 heterocycles. The number of benzene rings is 2. The predicted molar refractivity (Wildman–Crippen MR) is 108 cm³/mol. The van der Waals surface area contributed by atoms with E-state index in [1.165, 1.54) is 6.92 Å². The van der Waals surface area contributed by atoms with Gasteiger partial charge in [-0.15, -0.1) is 0 Å². The number of carbonyl (C=O) groups excluding carboxylic acids is 3. The van der Waals surface area contributed by atoms with Crippen LogP contribution in [0.2, 0.25) is 0 Å². The lowest BCUT2D eigenvalue weighted by molar-refractivity contribution is -0.132. The number of esters is 2. The Morgan fingerprint density at radius 1 is 0.931 bits per heavy atom. The van der Waals surface area contributed by atoms with Crippen LogP contribution in [0.1, 0.15) is 49.9 Å². The molecule has 6 nitrogen and oxygen atoms in total. The number of hydrogen-bond donors (Lipinski definition) is 1. The molecule has 0 saturated heterocycles. The van der Waals surface area contributed by atoms with E-state index in [1.807, 2.05) is 12.1 Å². The number of carbonyl (C=O) groups is 3. The quantitative estimate of drug-likeness (QED) is 0.593. The van der Waals surface area contributed by atoms with Crippen molar-refractivity contribution in [3.8, 4) is 16.9 Å². The molecular formula is C23H25NO5. The van der Waals surface area contributed by atoms with Crippen LogP contribution in [0.15, 0.2) is 48.5 Å². The summed E-state index contributed by atoms with van der Waals surface area (Å²) in [7, 11) is 0. The SMILES string of the molecule is CC(=O)Oc1ccc(-c2ccc(C(=O)O[C@H](C)C(=O)NC3CCCC3)cc2)cc1. The van der Waals surface area contributed by atoms with Crippen molar-refractivity contribution in [2.75, 3.05) is 0 Å². The number of hydrogen-bond acceptors (Lipinski definition) is 5. The number of amides is 1. The highest BCUT2D eigenvalue weighted by molar-refractivity contribution is 5.92. The van der Waals surface area contributed by atoms with Crippen LogP contribution in [0.25, 0.3) is 11.1 Å². The van der Waals surface area contributed by atoms with Crippen molar-refractivity contribution < 1.29 is 23.9 Å². The molecule has 152 valence electrons. The first-order chi connectivity index (χ1) is 13.9. The fraction of sp³-hybridized carbons (Fsp3) is 0.348. The molecule has 0 bridgehead atoms. The van der Waals surface area contributed by atoms with Gasteiger partial charge in [-0.05, 0) is 55.2 Å². The third-order valence-electron chi connectivity index (χ3n) is 4.92. The van der Waals surface area contributed by atoms with Gasteiger partial charge in [0.25, 0.3) is 5.91 Å². The van der Waals surface area contributed by atoms with Gasteiger partial charge in [-0.1, -0.05) is 37.1 Å². The fourth-order valence-electron chi connectivity index (χ4n) is 3.35. The van der Waals surface area contributed by atoms with Crippen molar-refractivity contribution >= 4 is 17.8 Å². The lowest BCUT2D eigenvalue weighted by atomic mass is 10.0. The molecule has 1 aliphatic rings. The Morgan fingerprint density at radius 2 is 1.48 bits per heavy atom. The predicted octanol–water partition coefficient (Wildman–Crippen LogP) is 3.88. The highest BCUT2D eigenvalue weighted by Gasteiger charge is 2.23. The van der Waals surface area contributed by atoms with E-state index < -0.39 is 12.1 Å². The first-order valence-corrected chi connectivity index (χ1v) is 9.82. The Balaban J connectivity index is 1.58. The summed E-state index contributed by atoms with van der Waals surface area (Å²) in [6, 6.07) is 14.2. The molecule has 1 N–H and O–H groups in total. The van der Waals surface area contributed by atoms with Crippen LogP contribution in [0.4, 0.5) is 0 Å². The van der Waals surface area contributed by atoms with Gasteiger partial charge < -0.3 is 14.8 Å². The molecule has 2 aromatic rings. The summed E-state index contributed by atoms with van der Waals surface area (Å²) in [6.07, 6.45) is 3.37. The van der Waals surface area contributed by atoms with E-state index in [9.17, 15) is 14.4 Å². The van der Waals surface area contributed by atoms with Crippen molar-refractivity contribution in [3.63, 3.8) is 0 Å². The largest absolute Gasteiger partial charge is 0.449 e. The van der Waals surface area contributed by atoms with E-state index >= 15 is 0 Å². The molecule has 2 aromatic carbocycles. The van der Waals surface area contributed by atoms with Gasteiger partial charge in [0.1, 0.15) is 5.75 Å². The minimum atomic E-state index is -0.836. The maximum Gasteiger partial charge on any atom is 0.338 e. The van der Waals surface area contributed by atoms with Crippen molar-refractivity contribution in [1.29, 1.82) is 0 Å². The van der Waals surface area contributed by atoms with Gasteiger partial charge in [-0.2, -0.15) is 0 Å². The zero-order valence-corrected chi connectivity index (χ0v) is 16.6. The Labute approximate surface area is 170 Å². The smallest absolute Gasteiger partial charge is 0.338 e. The molecule has 6 heteroatoms. The number of rotatable bonds is 6. The fourth-order valence-corrected chi connectivity index (χ4v) is 3.35. The van der Waals surface area contributed by atoms with Gasteiger partial charge >= 0.3 is 11.9 Å². The Kier molecular flexibility index (Phi) is 6.65. The van der Waals surface area contributed by atoms with Crippen LogP contribution in [-0.2, 0) is 14.3 Å². The second kappa shape index (κ2) is 9.37. The van der Waals surface area contributed by atoms with Crippen LogP contribution >= 0.6 is 0 Å². The van der Waals surface area contributed by atoms with Gasteiger partial charge in [0.05, 0.1) is 5.56 Å². The van der Waals surface area contributed by atoms with Gasteiger partial charge in [-0.25, -0.2) is 4.79 Å². The zero-order valence-electron chi connectivity index (χ0n) is 16.6. The van der Waals surface area contributed by atoms with Gasteiger partial charge in [0.2, 0.25) is 0 Å². The summed E-state index contributed by atoms with van der Waals surface area (Å²) in [5.74, 6) is -0.677. The third kappa shape index (κ3) is 5.67. The Morgan fingerprint density at radius 3 is 2.03 bits per heavy atom. The second-order valence-electron chi connectivity index (χ2n) is 7.23. The summed E-state index contributed by atoms with van der Waals surface area (Å²) in [5.41, 5.74) is 2.21. The monoisotopic (exact) mass is 395 g/mol. The van der Waals surface area contributed by atoms with Crippen molar-refractivity contribution in [1.82, 2.24) is 5.32 Å². The first kappa shape index (κ1) is 20.6. The summed E-state index contributed by atoms with van der Waals surface area (Å²) < 4.78 is 10.3.